The van der Waals surface area contributed by atoms with Crippen LogP contribution in [0.5, 0.6) is 0 Å². The normalized spacial score (nSPS) is 20.2. The molecule has 0 spiro atoms. The largest absolute Gasteiger partial charge is 0.378 e. The Morgan fingerprint density at radius 2 is 1.83 bits per heavy atom. The van der Waals surface area contributed by atoms with Crippen LogP contribution in [0.15, 0.2) is 41.1 Å². The second-order valence-corrected chi connectivity index (χ2v) is 5.61. The lowest BCUT2D eigenvalue weighted by molar-refractivity contribution is -0.384. The van der Waals surface area contributed by atoms with E-state index in [0.717, 1.165) is 54.6 Å². The molecule has 2 aliphatic rings. The summed E-state index contributed by atoms with van der Waals surface area (Å²) in [6.07, 6.45) is 4.53. The van der Waals surface area contributed by atoms with E-state index < -0.39 is 4.92 Å². The minimum atomic E-state index is -0.407. The van der Waals surface area contributed by atoms with E-state index in [1.807, 2.05) is 6.08 Å². The second-order valence-electron chi connectivity index (χ2n) is 5.61. The average molecular weight is 314 g/mol. The van der Waals surface area contributed by atoms with E-state index in [0.29, 0.717) is 13.2 Å². The van der Waals surface area contributed by atoms with Crippen molar-refractivity contribution in [3.8, 4) is 0 Å². The fourth-order valence-electron chi connectivity index (χ4n) is 3.05. The third-order valence-electron chi connectivity index (χ3n) is 4.19. The number of carbonyl (C=O) groups is 1. The van der Waals surface area contributed by atoms with Crippen molar-refractivity contribution in [1.82, 2.24) is 4.90 Å². The van der Waals surface area contributed by atoms with Gasteiger partial charge >= 0.3 is 0 Å². The molecule has 0 bridgehead atoms. The SMILES string of the molecule is O=CC1=C(N2CCOCC2)/C(=C\c2ccc([N+](=O)[O-])cc2)CC1. The van der Waals surface area contributed by atoms with Crippen molar-refractivity contribution in [3.63, 3.8) is 0 Å². The molecule has 1 aliphatic heterocycles. The molecule has 6 heteroatoms. The topological polar surface area (TPSA) is 72.7 Å². The molecular formula is C17H18N2O4. The fraction of sp³-hybridized carbons (Fsp3) is 0.353. The number of non-ortho nitro benzene ring substituents is 1. The van der Waals surface area contributed by atoms with Crippen LogP contribution in [0.25, 0.3) is 6.08 Å². The number of nitro groups is 1. The van der Waals surface area contributed by atoms with Gasteiger partial charge in [-0.15, -0.1) is 0 Å². The Morgan fingerprint density at radius 3 is 2.43 bits per heavy atom. The molecule has 0 aromatic heterocycles. The molecule has 0 radical (unpaired) electrons. The van der Waals surface area contributed by atoms with Gasteiger partial charge in [-0.2, -0.15) is 0 Å². The summed E-state index contributed by atoms with van der Waals surface area (Å²) in [6.45, 7) is 2.90. The van der Waals surface area contributed by atoms with Gasteiger partial charge in [0.2, 0.25) is 0 Å². The molecule has 1 aromatic rings. The first-order valence-electron chi connectivity index (χ1n) is 7.65. The molecule has 120 valence electrons. The Bertz CT molecular complexity index is 670. The van der Waals surface area contributed by atoms with Crippen LogP contribution < -0.4 is 0 Å². The van der Waals surface area contributed by atoms with Gasteiger partial charge in [-0.05, 0) is 42.2 Å². The minimum Gasteiger partial charge on any atom is -0.378 e. The van der Waals surface area contributed by atoms with Crippen LogP contribution >= 0.6 is 0 Å². The van der Waals surface area contributed by atoms with Crippen LogP contribution in [-0.4, -0.2) is 42.4 Å². The predicted octanol–water partition coefficient (Wildman–Crippen LogP) is 2.56. The molecule has 0 saturated carbocycles. The lowest BCUT2D eigenvalue weighted by atomic mass is 10.1. The van der Waals surface area contributed by atoms with Gasteiger partial charge in [0.05, 0.1) is 18.1 Å². The maximum Gasteiger partial charge on any atom is 0.269 e. The van der Waals surface area contributed by atoms with Gasteiger partial charge in [0.15, 0.2) is 0 Å². The molecule has 0 N–H and O–H groups in total. The van der Waals surface area contributed by atoms with Crippen molar-refractivity contribution in [2.45, 2.75) is 12.8 Å². The van der Waals surface area contributed by atoms with E-state index >= 15 is 0 Å². The number of ether oxygens (including phenoxy) is 1. The van der Waals surface area contributed by atoms with Crippen LogP contribution in [-0.2, 0) is 9.53 Å². The zero-order valence-corrected chi connectivity index (χ0v) is 12.7. The molecule has 0 unspecified atom stereocenters. The first-order valence-corrected chi connectivity index (χ1v) is 7.65. The minimum absolute atomic E-state index is 0.0797. The molecule has 6 nitrogen and oxygen atoms in total. The summed E-state index contributed by atoms with van der Waals surface area (Å²) in [5, 5.41) is 10.7. The molecule has 1 aromatic carbocycles. The molecule has 1 saturated heterocycles. The van der Waals surface area contributed by atoms with Gasteiger partial charge in [-0.1, -0.05) is 0 Å². The lowest BCUT2D eigenvalue weighted by Crippen LogP contribution is -2.36. The number of nitro benzene ring substituents is 1. The van der Waals surface area contributed by atoms with Crippen LogP contribution in [0.3, 0.4) is 0 Å². The summed E-state index contributed by atoms with van der Waals surface area (Å²) in [4.78, 5) is 23.9. The number of hydrogen-bond acceptors (Lipinski definition) is 5. The number of benzene rings is 1. The number of aldehydes is 1. The Morgan fingerprint density at radius 1 is 1.13 bits per heavy atom. The highest BCUT2D eigenvalue weighted by Crippen LogP contribution is 2.34. The summed E-state index contributed by atoms with van der Waals surface area (Å²) in [5.74, 6) is 0. The molecule has 0 amide bonds. The molecule has 1 aliphatic carbocycles. The molecule has 1 heterocycles. The van der Waals surface area contributed by atoms with E-state index in [2.05, 4.69) is 4.90 Å². The molecule has 23 heavy (non-hydrogen) atoms. The van der Waals surface area contributed by atoms with E-state index in [9.17, 15) is 14.9 Å². The maximum atomic E-state index is 11.4. The standard InChI is InChI=1S/C17H18N2O4/c20-12-15-4-3-14(17(15)18-7-9-23-10-8-18)11-13-1-5-16(6-2-13)19(21)22/h1-2,5-6,11-12H,3-4,7-10H2/b14-11-. The fourth-order valence-corrected chi connectivity index (χ4v) is 3.05. The Hall–Kier alpha value is -2.47. The average Bonchev–Trinajstić information content (AvgIpc) is 2.99. The van der Waals surface area contributed by atoms with E-state index in [1.54, 1.807) is 12.1 Å². The van der Waals surface area contributed by atoms with Crippen LogP contribution in [0, 0.1) is 10.1 Å². The maximum absolute atomic E-state index is 11.4. The number of nitrogens with zero attached hydrogens (tertiary/aromatic N) is 2. The molecule has 0 atom stereocenters. The third kappa shape index (κ3) is 3.32. The van der Waals surface area contributed by atoms with Crippen molar-refractivity contribution in [2.24, 2.45) is 0 Å². The summed E-state index contributed by atoms with van der Waals surface area (Å²) < 4.78 is 5.38. The summed E-state index contributed by atoms with van der Waals surface area (Å²) in [7, 11) is 0. The van der Waals surface area contributed by atoms with Crippen molar-refractivity contribution in [1.29, 1.82) is 0 Å². The van der Waals surface area contributed by atoms with Gasteiger partial charge in [0.25, 0.3) is 5.69 Å². The highest BCUT2D eigenvalue weighted by Gasteiger charge is 2.25. The highest BCUT2D eigenvalue weighted by molar-refractivity contribution is 5.80. The zero-order valence-electron chi connectivity index (χ0n) is 12.7. The van der Waals surface area contributed by atoms with E-state index in [-0.39, 0.29) is 5.69 Å². The van der Waals surface area contributed by atoms with Crippen LogP contribution in [0.2, 0.25) is 0 Å². The Labute approximate surface area is 134 Å². The van der Waals surface area contributed by atoms with Gasteiger partial charge in [-0.3, -0.25) is 14.9 Å². The summed E-state index contributed by atoms with van der Waals surface area (Å²) in [5.41, 5.74) is 3.95. The van der Waals surface area contributed by atoms with Crippen LogP contribution in [0.4, 0.5) is 5.69 Å². The van der Waals surface area contributed by atoms with Gasteiger partial charge in [0.1, 0.15) is 6.29 Å². The Kier molecular flexibility index (Phi) is 4.52. The van der Waals surface area contributed by atoms with Gasteiger partial charge in [-0.25, -0.2) is 0 Å². The third-order valence-corrected chi connectivity index (χ3v) is 4.19. The molecular weight excluding hydrogens is 296 g/mol. The van der Waals surface area contributed by atoms with Crippen molar-refractivity contribution >= 4 is 18.0 Å². The van der Waals surface area contributed by atoms with Crippen molar-refractivity contribution < 1.29 is 14.5 Å². The second kappa shape index (κ2) is 6.75. The smallest absolute Gasteiger partial charge is 0.269 e. The number of hydrogen-bond donors (Lipinski definition) is 0. The summed E-state index contributed by atoms with van der Waals surface area (Å²) >= 11 is 0. The number of morpholine rings is 1. The molecule has 1 fully saturated rings. The van der Waals surface area contributed by atoms with E-state index in [1.165, 1.54) is 12.1 Å². The zero-order chi connectivity index (χ0) is 16.2. The highest BCUT2D eigenvalue weighted by atomic mass is 16.6. The van der Waals surface area contributed by atoms with Crippen molar-refractivity contribution in [2.75, 3.05) is 26.3 Å². The quantitative estimate of drug-likeness (QED) is 0.485. The molecule has 3 rings (SSSR count). The van der Waals surface area contributed by atoms with Crippen LogP contribution in [0.1, 0.15) is 18.4 Å². The number of allylic oxidation sites excluding steroid dienone is 2. The first-order chi connectivity index (χ1) is 11.2. The first kappa shape index (κ1) is 15.4. The predicted molar refractivity (Wildman–Crippen MR) is 85.8 cm³/mol. The number of carbonyl (C=O) groups excluding carboxylic acids is 1. The van der Waals surface area contributed by atoms with Gasteiger partial charge in [0, 0.05) is 36.5 Å². The number of rotatable bonds is 4. The summed E-state index contributed by atoms with van der Waals surface area (Å²) in [6, 6.07) is 6.47. The van der Waals surface area contributed by atoms with Crippen molar-refractivity contribution in [3.05, 3.63) is 56.8 Å². The Balaban J connectivity index is 1.89. The van der Waals surface area contributed by atoms with Gasteiger partial charge < -0.3 is 9.64 Å². The monoisotopic (exact) mass is 314 g/mol. The van der Waals surface area contributed by atoms with E-state index in [4.69, 9.17) is 4.74 Å². The lowest BCUT2D eigenvalue weighted by Gasteiger charge is -2.31.